The van der Waals surface area contributed by atoms with Gasteiger partial charge in [-0.1, -0.05) is 50.1 Å². The number of benzene rings is 2. The number of nitrogens with zero attached hydrogens (tertiary/aromatic N) is 1. The first-order valence-electron chi connectivity index (χ1n) is 10.7. The van der Waals surface area contributed by atoms with Crippen molar-refractivity contribution in [2.45, 2.75) is 59.4 Å². The summed E-state index contributed by atoms with van der Waals surface area (Å²) in [5.41, 5.74) is 9.67. The summed E-state index contributed by atoms with van der Waals surface area (Å²) in [5, 5.41) is 1.40. The third kappa shape index (κ3) is 2.89. The van der Waals surface area contributed by atoms with Crippen LogP contribution in [0.5, 0.6) is 0 Å². The van der Waals surface area contributed by atoms with Gasteiger partial charge in [-0.3, -0.25) is 0 Å². The van der Waals surface area contributed by atoms with Crippen LogP contribution in [0, 0.1) is 19.8 Å². The number of aromatic nitrogens is 1. The molecular formula is C27H32N+. The van der Waals surface area contributed by atoms with Crippen LogP contribution in [0.4, 0.5) is 0 Å². The molecule has 1 aromatic heterocycles. The third-order valence-electron chi connectivity index (χ3n) is 6.69. The number of hydrogen-bond donors (Lipinski definition) is 0. The predicted octanol–water partition coefficient (Wildman–Crippen LogP) is 6.84. The molecule has 0 spiro atoms. The van der Waals surface area contributed by atoms with Gasteiger partial charge in [0, 0.05) is 17.5 Å². The van der Waals surface area contributed by atoms with E-state index in [2.05, 4.69) is 94.3 Å². The van der Waals surface area contributed by atoms with Gasteiger partial charge in [-0.2, -0.15) is 4.57 Å². The van der Waals surface area contributed by atoms with Gasteiger partial charge in [0.1, 0.15) is 0 Å². The van der Waals surface area contributed by atoms with Crippen LogP contribution in [0.15, 0.2) is 55.1 Å². The van der Waals surface area contributed by atoms with Crippen LogP contribution in [0.3, 0.4) is 0 Å². The van der Waals surface area contributed by atoms with E-state index in [9.17, 15) is 0 Å². The maximum absolute atomic E-state index is 4.20. The molecule has 0 saturated heterocycles. The van der Waals surface area contributed by atoms with Crippen molar-refractivity contribution in [3.63, 3.8) is 0 Å². The van der Waals surface area contributed by atoms with Gasteiger partial charge in [-0.25, -0.2) is 0 Å². The average molecular weight is 371 g/mol. The number of allylic oxidation sites excluding steroid dienone is 1. The van der Waals surface area contributed by atoms with Crippen LogP contribution in [-0.2, 0) is 6.42 Å². The maximum atomic E-state index is 4.20. The SMILES string of the molecule is C=CC1c2c(C)cc(C)cc2-c2ccc3c(CC(C)CC)cccc3[n+]2[C@H]1C. The van der Waals surface area contributed by atoms with Gasteiger partial charge in [0.15, 0.2) is 6.04 Å². The second kappa shape index (κ2) is 7.20. The van der Waals surface area contributed by atoms with Crippen molar-refractivity contribution in [2.24, 2.45) is 5.92 Å². The molecule has 1 heteroatoms. The highest BCUT2D eigenvalue weighted by Crippen LogP contribution is 2.42. The third-order valence-corrected chi connectivity index (χ3v) is 6.69. The van der Waals surface area contributed by atoms with E-state index < -0.39 is 0 Å². The van der Waals surface area contributed by atoms with E-state index in [1.165, 1.54) is 50.8 Å². The van der Waals surface area contributed by atoms with E-state index in [4.69, 9.17) is 0 Å². The van der Waals surface area contributed by atoms with Crippen molar-refractivity contribution in [3.05, 3.63) is 77.4 Å². The minimum atomic E-state index is 0.330. The Balaban J connectivity index is 2.02. The smallest absolute Gasteiger partial charge is 0.188 e. The molecule has 0 amide bonds. The molecule has 1 aliphatic rings. The molecule has 28 heavy (non-hydrogen) atoms. The molecule has 0 bridgehead atoms. The molecule has 3 aromatic rings. The first kappa shape index (κ1) is 18.9. The summed E-state index contributed by atoms with van der Waals surface area (Å²) in [6.45, 7) is 15.6. The lowest BCUT2D eigenvalue weighted by Gasteiger charge is -2.29. The molecule has 1 nitrogen and oxygen atoms in total. The highest BCUT2D eigenvalue weighted by Gasteiger charge is 2.38. The Bertz CT molecular complexity index is 1060. The highest BCUT2D eigenvalue weighted by molar-refractivity contribution is 5.82. The van der Waals surface area contributed by atoms with E-state index >= 15 is 0 Å². The van der Waals surface area contributed by atoms with E-state index in [1.807, 2.05) is 0 Å². The fourth-order valence-corrected chi connectivity index (χ4v) is 5.08. The Morgan fingerprint density at radius 3 is 2.64 bits per heavy atom. The largest absolute Gasteiger partial charge is 0.213 e. The van der Waals surface area contributed by atoms with Crippen LogP contribution in [0.25, 0.3) is 22.2 Å². The first-order valence-corrected chi connectivity index (χ1v) is 10.7. The molecule has 3 atom stereocenters. The van der Waals surface area contributed by atoms with Crippen LogP contribution >= 0.6 is 0 Å². The molecule has 0 aliphatic carbocycles. The molecule has 4 rings (SSSR count). The number of aryl methyl sites for hydroxylation is 2. The zero-order chi connectivity index (χ0) is 20.0. The lowest BCUT2D eigenvalue weighted by Crippen LogP contribution is -2.46. The molecule has 2 aromatic carbocycles. The topological polar surface area (TPSA) is 3.88 Å². The maximum Gasteiger partial charge on any atom is 0.213 e. The Labute approximate surface area is 169 Å². The second-order valence-electron chi connectivity index (χ2n) is 8.70. The molecule has 1 aliphatic heterocycles. The van der Waals surface area contributed by atoms with Crippen molar-refractivity contribution in [2.75, 3.05) is 0 Å². The Hall–Kier alpha value is -2.41. The molecule has 2 heterocycles. The van der Waals surface area contributed by atoms with Crippen molar-refractivity contribution in [1.82, 2.24) is 0 Å². The summed E-state index contributed by atoms with van der Waals surface area (Å²) >= 11 is 0. The van der Waals surface area contributed by atoms with Crippen LogP contribution in [0.1, 0.15) is 61.4 Å². The summed E-state index contributed by atoms with van der Waals surface area (Å²) in [7, 11) is 0. The molecule has 144 valence electrons. The monoisotopic (exact) mass is 370 g/mol. The standard InChI is InChI=1S/C27H32N/c1-7-17(3)15-21-10-9-11-25-23(21)12-13-26-24-16-18(4)14-19(5)27(24)22(8-2)20(6)28(25)26/h8-14,16-17,20,22H,2,7,15H2,1,3-6H3/q+1/t17?,20-,22?/m0/s1. The number of fused-ring (bicyclic) bond motifs is 5. The van der Waals surface area contributed by atoms with Gasteiger partial charge < -0.3 is 0 Å². The lowest BCUT2D eigenvalue weighted by molar-refractivity contribution is -0.688. The fraction of sp³-hybridized carbons (Fsp3) is 0.370. The summed E-state index contributed by atoms with van der Waals surface area (Å²) in [4.78, 5) is 0. The van der Waals surface area contributed by atoms with E-state index in [0.717, 1.165) is 6.42 Å². The van der Waals surface area contributed by atoms with Crippen molar-refractivity contribution in [1.29, 1.82) is 0 Å². The fourth-order valence-electron chi connectivity index (χ4n) is 5.08. The van der Waals surface area contributed by atoms with Gasteiger partial charge in [0.25, 0.3) is 0 Å². The van der Waals surface area contributed by atoms with Crippen LogP contribution in [-0.4, -0.2) is 0 Å². The lowest BCUT2D eigenvalue weighted by atomic mass is 9.80. The Morgan fingerprint density at radius 2 is 1.93 bits per heavy atom. The molecule has 0 radical (unpaired) electrons. The molecule has 2 unspecified atom stereocenters. The number of hydrogen-bond acceptors (Lipinski definition) is 0. The van der Waals surface area contributed by atoms with Crippen LogP contribution < -0.4 is 4.57 Å². The summed E-state index contributed by atoms with van der Waals surface area (Å²) in [6.07, 6.45) is 4.50. The van der Waals surface area contributed by atoms with Gasteiger partial charge in [0.05, 0.1) is 11.5 Å². The van der Waals surface area contributed by atoms with Crippen molar-refractivity contribution in [3.8, 4) is 11.3 Å². The zero-order valence-corrected chi connectivity index (χ0v) is 17.9. The molecule has 0 saturated carbocycles. The summed E-state index contributed by atoms with van der Waals surface area (Å²) in [5.74, 6) is 1.04. The molecule has 0 N–H and O–H groups in total. The van der Waals surface area contributed by atoms with Crippen LogP contribution in [0.2, 0.25) is 0 Å². The second-order valence-corrected chi connectivity index (χ2v) is 8.70. The Kier molecular flexibility index (Phi) is 4.87. The number of rotatable bonds is 4. The quantitative estimate of drug-likeness (QED) is 0.349. The summed E-state index contributed by atoms with van der Waals surface area (Å²) < 4.78 is 2.56. The minimum absolute atomic E-state index is 0.330. The van der Waals surface area contributed by atoms with E-state index in [1.54, 1.807) is 0 Å². The van der Waals surface area contributed by atoms with Crippen molar-refractivity contribution >= 4 is 10.9 Å². The zero-order valence-electron chi connectivity index (χ0n) is 17.9. The average Bonchev–Trinajstić information content (AvgIpc) is 2.68. The van der Waals surface area contributed by atoms with Gasteiger partial charge in [0.2, 0.25) is 11.2 Å². The summed E-state index contributed by atoms with van der Waals surface area (Å²) in [6, 6.07) is 16.5. The minimum Gasteiger partial charge on any atom is -0.188 e. The van der Waals surface area contributed by atoms with Gasteiger partial charge >= 0.3 is 0 Å². The van der Waals surface area contributed by atoms with Gasteiger partial charge in [-0.05, 0) is 61.9 Å². The Morgan fingerprint density at radius 1 is 1.14 bits per heavy atom. The van der Waals surface area contributed by atoms with E-state index in [0.29, 0.717) is 17.9 Å². The first-order chi connectivity index (χ1) is 13.5. The molecule has 0 fully saturated rings. The van der Waals surface area contributed by atoms with Crippen molar-refractivity contribution < 1.29 is 4.57 Å². The number of pyridine rings is 1. The highest BCUT2D eigenvalue weighted by atomic mass is 15.0. The van der Waals surface area contributed by atoms with E-state index in [-0.39, 0.29) is 0 Å². The predicted molar refractivity (Wildman–Crippen MR) is 120 cm³/mol. The molecular weight excluding hydrogens is 338 g/mol. The normalized spacial score (nSPS) is 19.2. The van der Waals surface area contributed by atoms with Gasteiger partial charge in [-0.15, -0.1) is 6.58 Å².